The quantitative estimate of drug-likeness (QED) is 0.724. The van der Waals surface area contributed by atoms with Crippen LogP contribution >= 0.6 is 0 Å². The normalized spacial score (nSPS) is 11.7. The fourth-order valence-corrected chi connectivity index (χ4v) is 2.80. The fraction of sp³-hybridized carbons (Fsp3) is 0.250. The maximum Gasteiger partial charge on any atom is 0.243 e. The third-order valence-electron chi connectivity index (χ3n) is 2.76. The molecule has 0 amide bonds. The second kappa shape index (κ2) is 6.12. The lowest BCUT2D eigenvalue weighted by atomic mass is 10.2. The molecule has 1 heterocycles. The molecule has 1 aromatic heterocycles. The number of imidazole rings is 1. The van der Waals surface area contributed by atoms with Gasteiger partial charge in [0, 0.05) is 31.4 Å². The van der Waals surface area contributed by atoms with E-state index < -0.39 is 15.8 Å². The number of nitrogens with two attached hydrogens (primary N) is 1. The predicted octanol–water partition coefficient (Wildman–Crippen LogP) is 0.528. The largest absolute Gasteiger partial charge is 0.348 e. The van der Waals surface area contributed by atoms with Crippen LogP contribution in [0.2, 0.25) is 0 Å². The summed E-state index contributed by atoms with van der Waals surface area (Å²) < 4.78 is 40.0. The first-order valence-electron chi connectivity index (χ1n) is 5.98. The van der Waals surface area contributed by atoms with Crippen LogP contribution < -0.4 is 10.5 Å². The van der Waals surface area contributed by atoms with E-state index >= 15 is 0 Å². The summed E-state index contributed by atoms with van der Waals surface area (Å²) in [6, 6.07) is 3.84. The smallest absolute Gasteiger partial charge is 0.243 e. The zero-order valence-electron chi connectivity index (χ0n) is 10.6. The molecule has 0 aliphatic rings. The van der Waals surface area contributed by atoms with Crippen molar-refractivity contribution in [2.75, 3.05) is 6.54 Å². The summed E-state index contributed by atoms with van der Waals surface area (Å²) in [6.07, 6.45) is 3.56. The lowest BCUT2D eigenvalue weighted by molar-refractivity contribution is 0.556. The molecular formula is C12H15FN4O2S. The van der Waals surface area contributed by atoms with Gasteiger partial charge < -0.3 is 10.7 Å². The molecule has 4 N–H and O–H groups in total. The maximum absolute atomic E-state index is 13.7. The van der Waals surface area contributed by atoms with Gasteiger partial charge in [0.25, 0.3) is 0 Å². The van der Waals surface area contributed by atoms with Crippen molar-refractivity contribution in [3.63, 3.8) is 0 Å². The van der Waals surface area contributed by atoms with Gasteiger partial charge in [0.2, 0.25) is 10.0 Å². The van der Waals surface area contributed by atoms with Crippen molar-refractivity contribution in [1.29, 1.82) is 0 Å². The van der Waals surface area contributed by atoms with Gasteiger partial charge in [-0.2, -0.15) is 0 Å². The second-order valence-electron chi connectivity index (χ2n) is 4.19. The first kappa shape index (κ1) is 14.6. The van der Waals surface area contributed by atoms with Crippen LogP contribution in [-0.2, 0) is 23.0 Å². The van der Waals surface area contributed by atoms with E-state index in [4.69, 9.17) is 5.73 Å². The highest BCUT2D eigenvalue weighted by atomic mass is 32.2. The molecule has 2 aromatic rings. The van der Waals surface area contributed by atoms with E-state index in [9.17, 15) is 12.8 Å². The Labute approximate surface area is 116 Å². The lowest BCUT2D eigenvalue weighted by Crippen LogP contribution is -2.27. The number of aromatic amines is 1. The Morgan fingerprint density at radius 2 is 2.20 bits per heavy atom. The first-order valence-corrected chi connectivity index (χ1v) is 7.46. The summed E-state index contributed by atoms with van der Waals surface area (Å²) in [5.74, 6) is -0.804. The zero-order chi connectivity index (χ0) is 14.6. The van der Waals surface area contributed by atoms with Crippen molar-refractivity contribution in [2.24, 2.45) is 5.73 Å². The summed E-state index contributed by atoms with van der Waals surface area (Å²) in [7, 11) is -3.87. The highest BCUT2D eigenvalue weighted by Crippen LogP contribution is 2.15. The predicted molar refractivity (Wildman–Crippen MR) is 71.8 cm³/mol. The number of nitrogens with zero attached hydrogens (tertiary/aromatic N) is 1. The molecule has 0 bridgehead atoms. The number of halogens is 1. The highest BCUT2D eigenvalue weighted by molar-refractivity contribution is 7.89. The zero-order valence-corrected chi connectivity index (χ0v) is 11.5. The first-order chi connectivity index (χ1) is 9.53. The number of aromatic nitrogens is 2. The molecule has 20 heavy (non-hydrogen) atoms. The van der Waals surface area contributed by atoms with Gasteiger partial charge in [0.15, 0.2) is 0 Å². The van der Waals surface area contributed by atoms with E-state index in [-0.39, 0.29) is 18.0 Å². The van der Waals surface area contributed by atoms with Gasteiger partial charge in [0.05, 0.1) is 6.33 Å². The summed E-state index contributed by atoms with van der Waals surface area (Å²) in [5.41, 5.74) is 6.71. The Kier molecular flexibility index (Phi) is 4.48. The molecule has 0 aliphatic heterocycles. The number of nitrogens with one attached hydrogen (secondary N) is 2. The number of sulfonamides is 1. The molecule has 0 unspecified atom stereocenters. The number of H-pyrrole nitrogens is 1. The molecule has 0 atom stereocenters. The summed E-state index contributed by atoms with van der Waals surface area (Å²) >= 11 is 0. The molecule has 6 nitrogen and oxygen atoms in total. The Balaban J connectivity index is 2.06. The number of benzene rings is 1. The molecule has 2 rings (SSSR count). The van der Waals surface area contributed by atoms with E-state index in [2.05, 4.69) is 14.7 Å². The Morgan fingerprint density at radius 3 is 2.80 bits per heavy atom. The lowest BCUT2D eigenvalue weighted by Gasteiger charge is -2.08. The molecule has 0 fully saturated rings. The number of hydrogen-bond acceptors (Lipinski definition) is 4. The topological polar surface area (TPSA) is 101 Å². The van der Waals surface area contributed by atoms with Crippen molar-refractivity contribution in [2.45, 2.75) is 17.9 Å². The van der Waals surface area contributed by atoms with Crippen LogP contribution in [-0.4, -0.2) is 24.9 Å². The van der Waals surface area contributed by atoms with Crippen LogP contribution in [0.3, 0.4) is 0 Å². The molecule has 1 aromatic carbocycles. The summed E-state index contributed by atoms with van der Waals surface area (Å²) in [5, 5.41) is 0. The van der Waals surface area contributed by atoms with Crippen molar-refractivity contribution in [1.82, 2.24) is 14.7 Å². The van der Waals surface area contributed by atoms with Gasteiger partial charge in [-0.3, -0.25) is 0 Å². The third-order valence-corrected chi connectivity index (χ3v) is 4.26. The molecule has 0 saturated carbocycles. The van der Waals surface area contributed by atoms with E-state index in [1.807, 2.05) is 0 Å². The molecular weight excluding hydrogens is 283 g/mol. The van der Waals surface area contributed by atoms with E-state index in [0.717, 1.165) is 11.8 Å². The van der Waals surface area contributed by atoms with Crippen LogP contribution in [0.4, 0.5) is 4.39 Å². The molecule has 0 aliphatic carbocycles. The van der Waals surface area contributed by atoms with Gasteiger partial charge in [0.1, 0.15) is 10.7 Å². The highest BCUT2D eigenvalue weighted by Gasteiger charge is 2.18. The summed E-state index contributed by atoms with van der Waals surface area (Å²) in [4.78, 5) is 6.30. The average molecular weight is 298 g/mol. The molecule has 108 valence electrons. The van der Waals surface area contributed by atoms with Crippen molar-refractivity contribution >= 4 is 10.0 Å². The molecule has 0 radical (unpaired) electrons. The van der Waals surface area contributed by atoms with Crippen molar-refractivity contribution in [3.8, 4) is 0 Å². The molecule has 0 spiro atoms. The number of hydrogen-bond donors (Lipinski definition) is 3. The maximum atomic E-state index is 13.7. The van der Waals surface area contributed by atoms with Crippen molar-refractivity contribution in [3.05, 3.63) is 47.8 Å². The van der Waals surface area contributed by atoms with E-state index in [1.165, 1.54) is 18.5 Å². The van der Waals surface area contributed by atoms with E-state index in [1.54, 1.807) is 6.20 Å². The van der Waals surface area contributed by atoms with Crippen LogP contribution in [0.25, 0.3) is 0 Å². The van der Waals surface area contributed by atoms with Gasteiger partial charge in [-0.15, -0.1) is 0 Å². The van der Waals surface area contributed by atoms with Crippen LogP contribution in [0, 0.1) is 5.82 Å². The minimum atomic E-state index is -3.87. The molecule has 0 saturated heterocycles. The summed E-state index contributed by atoms with van der Waals surface area (Å²) in [6.45, 7) is 0.313. The minimum absolute atomic E-state index is 0.155. The van der Waals surface area contributed by atoms with Crippen LogP contribution in [0.1, 0.15) is 11.3 Å². The van der Waals surface area contributed by atoms with Crippen LogP contribution in [0.5, 0.6) is 0 Å². The van der Waals surface area contributed by atoms with E-state index in [0.29, 0.717) is 12.0 Å². The Bertz CT molecular complexity index is 671. The molecule has 8 heteroatoms. The second-order valence-corrected chi connectivity index (χ2v) is 5.93. The SMILES string of the molecule is NCc1ccc(S(=O)(=O)NCCc2cnc[nH]2)c(F)c1. The monoisotopic (exact) mass is 298 g/mol. The minimum Gasteiger partial charge on any atom is -0.348 e. The van der Waals surface area contributed by atoms with Crippen molar-refractivity contribution < 1.29 is 12.8 Å². The van der Waals surface area contributed by atoms with Gasteiger partial charge in [-0.05, 0) is 17.7 Å². The van der Waals surface area contributed by atoms with Crippen LogP contribution in [0.15, 0.2) is 35.6 Å². The Morgan fingerprint density at radius 1 is 1.40 bits per heavy atom. The average Bonchev–Trinajstić information content (AvgIpc) is 2.91. The Hall–Kier alpha value is -1.77. The number of rotatable bonds is 6. The third kappa shape index (κ3) is 3.41. The van der Waals surface area contributed by atoms with Gasteiger partial charge >= 0.3 is 0 Å². The van der Waals surface area contributed by atoms with Gasteiger partial charge in [-0.1, -0.05) is 6.07 Å². The van der Waals surface area contributed by atoms with Gasteiger partial charge in [-0.25, -0.2) is 22.5 Å². The fourth-order valence-electron chi connectivity index (χ4n) is 1.71. The standard InChI is InChI=1S/C12H15FN4O2S/c13-11-5-9(6-14)1-2-12(11)20(18,19)17-4-3-10-7-15-8-16-10/h1-2,5,7-8,17H,3-4,6,14H2,(H,15,16).